The lowest BCUT2D eigenvalue weighted by molar-refractivity contribution is -0.121. The van der Waals surface area contributed by atoms with Crippen molar-refractivity contribution >= 4 is 34.8 Å². The smallest absolute Gasteiger partial charge is 0.250 e. The highest BCUT2D eigenvalue weighted by atomic mass is 35.5. The molecule has 2 N–H and O–H groups in total. The Labute approximate surface area is 152 Å². The Morgan fingerprint density at radius 1 is 1.00 bits per heavy atom. The molecule has 0 aliphatic carbocycles. The molecule has 2 aromatic carbocycles. The summed E-state index contributed by atoms with van der Waals surface area (Å²) in [6.45, 7) is 2.12. The monoisotopic (exact) mass is 360 g/mol. The van der Waals surface area contributed by atoms with E-state index in [4.69, 9.17) is 16.3 Å². The highest BCUT2D eigenvalue weighted by Crippen LogP contribution is 2.17. The summed E-state index contributed by atoms with van der Waals surface area (Å²) in [6, 6.07) is 14.3. The third kappa shape index (κ3) is 6.57. The lowest BCUT2D eigenvalue weighted by Crippen LogP contribution is -2.18. The van der Waals surface area contributed by atoms with Gasteiger partial charge in [0.25, 0.3) is 0 Å². The quantitative estimate of drug-likeness (QED) is 0.740. The number of carbonyl (C=O) groups is 2. The van der Waals surface area contributed by atoms with Crippen molar-refractivity contribution in [3.05, 3.63) is 59.1 Å². The topological polar surface area (TPSA) is 67.4 Å². The minimum atomic E-state index is -0.274. The third-order valence-electron chi connectivity index (χ3n) is 3.36. The third-order valence-corrected chi connectivity index (χ3v) is 3.72. The molecule has 0 spiro atoms. The summed E-state index contributed by atoms with van der Waals surface area (Å²) in [5.41, 5.74) is 2.08. The first-order chi connectivity index (χ1) is 12.1. The molecule has 0 heterocycles. The van der Waals surface area contributed by atoms with Crippen LogP contribution in [0.4, 0.5) is 11.4 Å². The van der Waals surface area contributed by atoms with Gasteiger partial charge < -0.3 is 15.4 Å². The van der Waals surface area contributed by atoms with Crippen LogP contribution in [0.15, 0.2) is 48.5 Å². The largest absolute Gasteiger partial charge is 0.367 e. The lowest BCUT2D eigenvalue weighted by atomic mass is 10.2. The van der Waals surface area contributed by atoms with Crippen molar-refractivity contribution in [3.63, 3.8) is 0 Å². The fourth-order valence-corrected chi connectivity index (χ4v) is 2.38. The fourth-order valence-electron chi connectivity index (χ4n) is 2.19. The number of hydrogen-bond donors (Lipinski definition) is 2. The van der Waals surface area contributed by atoms with Crippen LogP contribution in [0.1, 0.15) is 25.3 Å². The van der Waals surface area contributed by atoms with E-state index < -0.39 is 0 Å². The zero-order valence-corrected chi connectivity index (χ0v) is 14.8. The molecule has 0 unspecified atom stereocenters. The number of rotatable bonds is 8. The first kappa shape index (κ1) is 19.0. The summed E-state index contributed by atoms with van der Waals surface area (Å²) in [5.74, 6) is -0.321. The number of halogens is 1. The maximum absolute atomic E-state index is 12.0. The zero-order chi connectivity index (χ0) is 18.1. The Bertz CT molecular complexity index is 734. The van der Waals surface area contributed by atoms with Gasteiger partial charge in [-0.2, -0.15) is 0 Å². The Morgan fingerprint density at radius 2 is 1.68 bits per heavy atom. The van der Waals surface area contributed by atoms with Crippen molar-refractivity contribution < 1.29 is 14.3 Å². The SMILES string of the molecule is CCCC(=O)Nc1cccc(NC(=O)COCc2ccccc2Cl)c1. The maximum Gasteiger partial charge on any atom is 0.250 e. The highest BCUT2D eigenvalue weighted by Gasteiger charge is 2.06. The molecule has 2 amide bonds. The first-order valence-electron chi connectivity index (χ1n) is 8.09. The van der Waals surface area contributed by atoms with Gasteiger partial charge in [0, 0.05) is 22.8 Å². The molecule has 0 radical (unpaired) electrons. The van der Waals surface area contributed by atoms with Gasteiger partial charge in [-0.15, -0.1) is 0 Å². The van der Waals surface area contributed by atoms with Gasteiger partial charge >= 0.3 is 0 Å². The minimum Gasteiger partial charge on any atom is -0.367 e. The standard InChI is InChI=1S/C19H21ClN2O3/c1-2-6-18(23)21-15-8-5-9-16(11-15)22-19(24)13-25-12-14-7-3-4-10-17(14)20/h3-5,7-11H,2,6,12-13H2,1H3,(H,21,23)(H,22,24). The summed E-state index contributed by atoms with van der Waals surface area (Å²) < 4.78 is 5.40. The Hall–Kier alpha value is -2.37. The number of ether oxygens (including phenoxy) is 1. The van der Waals surface area contributed by atoms with E-state index in [0.717, 1.165) is 12.0 Å². The number of carbonyl (C=O) groups excluding carboxylic acids is 2. The minimum absolute atomic E-state index is 0.0472. The number of nitrogens with one attached hydrogen (secondary N) is 2. The van der Waals surface area contributed by atoms with Crippen molar-refractivity contribution in [1.82, 2.24) is 0 Å². The predicted molar refractivity (Wildman–Crippen MR) is 99.7 cm³/mol. The van der Waals surface area contributed by atoms with Gasteiger partial charge in [-0.05, 0) is 36.2 Å². The summed E-state index contributed by atoms with van der Waals surface area (Å²) in [6.07, 6.45) is 1.25. The second-order valence-corrected chi connectivity index (χ2v) is 5.92. The number of benzene rings is 2. The zero-order valence-electron chi connectivity index (χ0n) is 14.0. The van der Waals surface area contributed by atoms with Gasteiger partial charge in [-0.3, -0.25) is 9.59 Å². The van der Waals surface area contributed by atoms with Crippen molar-refractivity contribution in [2.75, 3.05) is 17.2 Å². The molecule has 25 heavy (non-hydrogen) atoms. The van der Waals surface area contributed by atoms with Crippen molar-refractivity contribution in [1.29, 1.82) is 0 Å². The molecule has 0 bridgehead atoms. The van der Waals surface area contributed by atoms with Crippen LogP contribution in [0.3, 0.4) is 0 Å². The number of amides is 2. The summed E-state index contributed by atoms with van der Waals surface area (Å²) in [4.78, 5) is 23.6. The van der Waals surface area contributed by atoms with Gasteiger partial charge in [0.2, 0.25) is 11.8 Å². The van der Waals surface area contributed by atoms with Crippen molar-refractivity contribution in [2.24, 2.45) is 0 Å². The Morgan fingerprint density at radius 3 is 2.36 bits per heavy atom. The number of hydrogen-bond acceptors (Lipinski definition) is 3. The second-order valence-electron chi connectivity index (χ2n) is 5.51. The van der Waals surface area contributed by atoms with E-state index >= 15 is 0 Å². The molecule has 5 nitrogen and oxygen atoms in total. The van der Waals surface area contributed by atoms with Crippen LogP contribution >= 0.6 is 11.6 Å². The lowest BCUT2D eigenvalue weighted by Gasteiger charge is -2.09. The van der Waals surface area contributed by atoms with E-state index in [0.29, 0.717) is 22.8 Å². The Balaban J connectivity index is 1.82. The molecule has 0 fully saturated rings. The summed E-state index contributed by atoms with van der Waals surface area (Å²) in [7, 11) is 0. The summed E-state index contributed by atoms with van der Waals surface area (Å²) >= 11 is 6.04. The van der Waals surface area contributed by atoms with Crippen LogP contribution in [-0.2, 0) is 20.9 Å². The van der Waals surface area contributed by atoms with Crippen molar-refractivity contribution in [3.8, 4) is 0 Å². The van der Waals surface area contributed by atoms with Crippen LogP contribution in [-0.4, -0.2) is 18.4 Å². The van der Waals surface area contributed by atoms with E-state index in [1.807, 2.05) is 25.1 Å². The average molecular weight is 361 g/mol. The fraction of sp³-hybridized carbons (Fsp3) is 0.263. The van der Waals surface area contributed by atoms with Gasteiger partial charge in [-0.1, -0.05) is 42.8 Å². The molecule has 0 atom stereocenters. The Kier molecular flexibility index (Phi) is 7.44. The number of anilines is 2. The normalized spacial score (nSPS) is 10.3. The molecule has 0 saturated heterocycles. The van der Waals surface area contributed by atoms with Gasteiger partial charge in [0.05, 0.1) is 6.61 Å². The molecule has 0 aliphatic heterocycles. The van der Waals surface area contributed by atoms with Gasteiger partial charge in [0.15, 0.2) is 0 Å². The molecule has 0 saturated carbocycles. The molecule has 6 heteroatoms. The molecular weight excluding hydrogens is 340 g/mol. The van der Waals surface area contributed by atoms with E-state index in [1.54, 1.807) is 30.3 Å². The van der Waals surface area contributed by atoms with Crippen LogP contribution in [0, 0.1) is 0 Å². The van der Waals surface area contributed by atoms with Gasteiger partial charge in [0.1, 0.15) is 6.61 Å². The average Bonchev–Trinajstić information content (AvgIpc) is 2.57. The van der Waals surface area contributed by atoms with Crippen molar-refractivity contribution in [2.45, 2.75) is 26.4 Å². The first-order valence-corrected chi connectivity index (χ1v) is 8.47. The molecule has 2 aromatic rings. The van der Waals surface area contributed by atoms with Gasteiger partial charge in [-0.25, -0.2) is 0 Å². The molecule has 0 aliphatic rings. The molecule has 2 rings (SSSR count). The molecular formula is C19H21ClN2O3. The highest BCUT2D eigenvalue weighted by molar-refractivity contribution is 6.31. The van der Waals surface area contributed by atoms with E-state index in [9.17, 15) is 9.59 Å². The van der Waals surface area contributed by atoms with Crippen LogP contribution < -0.4 is 10.6 Å². The summed E-state index contributed by atoms with van der Waals surface area (Å²) in [5, 5.41) is 6.14. The molecule has 132 valence electrons. The van der Waals surface area contributed by atoms with E-state index in [-0.39, 0.29) is 25.0 Å². The van der Waals surface area contributed by atoms with Crippen LogP contribution in [0.2, 0.25) is 5.02 Å². The van der Waals surface area contributed by atoms with E-state index in [1.165, 1.54) is 0 Å². The van der Waals surface area contributed by atoms with Crippen LogP contribution in [0.25, 0.3) is 0 Å². The van der Waals surface area contributed by atoms with E-state index in [2.05, 4.69) is 10.6 Å². The second kappa shape index (κ2) is 9.81. The van der Waals surface area contributed by atoms with Crippen LogP contribution in [0.5, 0.6) is 0 Å². The maximum atomic E-state index is 12.0. The predicted octanol–water partition coefficient (Wildman–Crippen LogP) is 4.23. The molecule has 0 aromatic heterocycles.